The number of amidine groups is 1. The van der Waals surface area contributed by atoms with Crippen LogP contribution in [0.2, 0.25) is 0 Å². The Labute approximate surface area is 155 Å². The van der Waals surface area contributed by atoms with Gasteiger partial charge in [-0.15, -0.1) is 0 Å². The zero-order valence-electron chi connectivity index (χ0n) is 15.7. The summed E-state index contributed by atoms with van der Waals surface area (Å²) in [5, 5.41) is 0. The molecule has 0 unspecified atom stereocenters. The minimum Gasteiger partial charge on any atom is -0.353 e. The summed E-state index contributed by atoms with van der Waals surface area (Å²) in [6.45, 7) is 7.51. The van der Waals surface area contributed by atoms with E-state index >= 15 is 0 Å². The monoisotopic (exact) mass is 346 g/mol. The van der Waals surface area contributed by atoms with E-state index in [2.05, 4.69) is 65.1 Å². The van der Waals surface area contributed by atoms with Gasteiger partial charge in [0.1, 0.15) is 5.84 Å². The molecule has 3 aliphatic heterocycles. The zero-order valence-corrected chi connectivity index (χ0v) is 15.7. The van der Waals surface area contributed by atoms with Crippen molar-refractivity contribution in [2.24, 2.45) is 4.99 Å². The minimum atomic E-state index is 1.04. The molecule has 0 bridgehead atoms. The zero-order chi connectivity index (χ0) is 17.7. The van der Waals surface area contributed by atoms with Crippen LogP contribution in [0.1, 0.15) is 23.1 Å². The molecule has 0 amide bonds. The molecule has 0 atom stereocenters. The van der Waals surface area contributed by atoms with E-state index in [1.54, 1.807) is 0 Å². The van der Waals surface area contributed by atoms with Crippen molar-refractivity contribution in [2.45, 2.75) is 19.8 Å². The molecule has 2 aromatic rings. The lowest BCUT2D eigenvalue weighted by Gasteiger charge is -2.36. The maximum Gasteiger partial charge on any atom is 0.138 e. The number of nitrogens with zero attached hydrogens (tertiary/aromatic N) is 4. The fraction of sp³-hybridized carbons (Fsp3) is 0.409. The summed E-state index contributed by atoms with van der Waals surface area (Å²) >= 11 is 0. The Morgan fingerprint density at radius 2 is 1.81 bits per heavy atom. The molecule has 0 aromatic heterocycles. The lowest BCUT2D eigenvalue weighted by atomic mass is 9.96. The normalized spacial score (nSPS) is 19.5. The van der Waals surface area contributed by atoms with Crippen LogP contribution in [0, 0.1) is 6.92 Å². The van der Waals surface area contributed by atoms with Gasteiger partial charge < -0.3 is 14.7 Å². The van der Waals surface area contributed by atoms with Crippen LogP contribution in [0.4, 0.5) is 17.1 Å². The average molecular weight is 346 g/mol. The summed E-state index contributed by atoms with van der Waals surface area (Å²) < 4.78 is 0. The first-order valence-corrected chi connectivity index (χ1v) is 9.73. The van der Waals surface area contributed by atoms with Gasteiger partial charge in [0.15, 0.2) is 0 Å². The highest BCUT2D eigenvalue weighted by Crippen LogP contribution is 2.44. The van der Waals surface area contributed by atoms with Crippen molar-refractivity contribution >= 4 is 22.9 Å². The van der Waals surface area contributed by atoms with Gasteiger partial charge in [0.05, 0.1) is 17.1 Å². The van der Waals surface area contributed by atoms with Crippen molar-refractivity contribution in [1.29, 1.82) is 0 Å². The van der Waals surface area contributed by atoms with Crippen molar-refractivity contribution in [3.63, 3.8) is 0 Å². The van der Waals surface area contributed by atoms with Gasteiger partial charge in [-0.25, -0.2) is 4.99 Å². The number of rotatable bonds is 0. The summed E-state index contributed by atoms with van der Waals surface area (Å²) in [6, 6.07) is 13.5. The Morgan fingerprint density at radius 3 is 2.65 bits per heavy atom. The summed E-state index contributed by atoms with van der Waals surface area (Å²) in [4.78, 5) is 12.6. The molecule has 1 fully saturated rings. The molecule has 5 rings (SSSR count). The maximum absolute atomic E-state index is 5.24. The first-order valence-electron chi connectivity index (χ1n) is 9.73. The van der Waals surface area contributed by atoms with Crippen LogP contribution in [0.3, 0.4) is 0 Å². The largest absolute Gasteiger partial charge is 0.353 e. The van der Waals surface area contributed by atoms with Gasteiger partial charge in [0.2, 0.25) is 0 Å². The number of aliphatic imine (C=N–C) groups is 1. The van der Waals surface area contributed by atoms with Crippen LogP contribution >= 0.6 is 0 Å². The predicted molar refractivity (Wildman–Crippen MR) is 108 cm³/mol. The lowest BCUT2D eigenvalue weighted by molar-refractivity contribution is 0.216. The standard InChI is InChI=1S/C22H26N4/c1-16-8-9-20-19(15-16)23-22(25-13-11-24(2)12-14-25)18-7-3-5-17-6-4-10-26(20)21(17)18/h3,5,7-9,15H,4,6,10-14H2,1-2H3. The highest BCUT2D eigenvalue weighted by molar-refractivity contribution is 6.09. The van der Waals surface area contributed by atoms with Gasteiger partial charge in [-0.1, -0.05) is 18.2 Å². The van der Waals surface area contributed by atoms with E-state index in [4.69, 9.17) is 4.99 Å². The van der Waals surface area contributed by atoms with Crippen molar-refractivity contribution in [1.82, 2.24) is 9.80 Å². The van der Waals surface area contributed by atoms with E-state index in [0.717, 1.165) is 50.7 Å². The van der Waals surface area contributed by atoms with Crippen molar-refractivity contribution in [3.05, 3.63) is 53.1 Å². The molecule has 0 spiro atoms. The van der Waals surface area contributed by atoms with E-state index in [-0.39, 0.29) is 0 Å². The summed E-state index contributed by atoms with van der Waals surface area (Å²) in [7, 11) is 2.21. The molecular weight excluding hydrogens is 320 g/mol. The topological polar surface area (TPSA) is 22.1 Å². The first-order chi connectivity index (χ1) is 12.7. The van der Waals surface area contributed by atoms with Gasteiger partial charge in [-0.2, -0.15) is 0 Å². The molecule has 1 saturated heterocycles. The summed E-state index contributed by atoms with van der Waals surface area (Å²) in [5.74, 6) is 1.16. The van der Waals surface area contributed by atoms with Crippen LogP contribution in [0.5, 0.6) is 0 Å². The molecule has 0 saturated carbocycles. The Kier molecular flexibility index (Phi) is 3.75. The number of hydrogen-bond acceptors (Lipinski definition) is 4. The van der Waals surface area contributed by atoms with Crippen LogP contribution in [0.15, 0.2) is 41.4 Å². The number of hydrogen-bond donors (Lipinski definition) is 0. The van der Waals surface area contributed by atoms with Crippen LogP contribution in [-0.2, 0) is 6.42 Å². The highest BCUT2D eigenvalue weighted by Gasteiger charge is 2.30. The fourth-order valence-electron chi connectivity index (χ4n) is 4.46. The average Bonchev–Trinajstić information content (AvgIpc) is 2.79. The van der Waals surface area contributed by atoms with Crippen LogP contribution < -0.4 is 4.90 Å². The number of para-hydroxylation sites is 1. The molecule has 4 heteroatoms. The molecule has 3 aliphatic rings. The Balaban J connectivity index is 1.72. The second kappa shape index (κ2) is 6.13. The van der Waals surface area contributed by atoms with Crippen molar-refractivity contribution in [3.8, 4) is 0 Å². The molecular formula is C22H26N4. The predicted octanol–water partition coefficient (Wildman–Crippen LogP) is 3.72. The first kappa shape index (κ1) is 15.9. The van der Waals surface area contributed by atoms with Crippen molar-refractivity contribution in [2.75, 3.05) is 44.7 Å². The number of aryl methyl sites for hydroxylation is 2. The number of benzene rings is 2. The van der Waals surface area contributed by atoms with E-state index < -0.39 is 0 Å². The highest BCUT2D eigenvalue weighted by atomic mass is 15.3. The third-order valence-corrected chi connectivity index (χ3v) is 5.91. The third-order valence-electron chi connectivity index (χ3n) is 5.91. The summed E-state index contributed by atoms with van der Waals surface area (Å²) in [5.41, 5.74) is 7.80. The van der Waals surface area contributed by atoms with Gasteiger partial charge in [-0.3, -0.25) is 0 Å². The smallest absolute Gasteiger partial charge is 0.138 e. The van der Waals surface area contributed by atoms with Crippen molar-refractivity contribution < 1.29 is 0 Å². The third kappa shape index (κ3) is 2.52. The molecule has 0 radical (unpaired) electrons. The van der Waals surface area contributed by atoms with Gasteiger partial charge in [-0.05, 0) is 56.1 Å². The fourth-order valence-corrected chi connectivity index (χ4v) is 4.46. The second-order valence-electron chi connectivity index (χ2n) is 7.79. The maximum atomic E-state index is 5.24. The molecule has 26 heavy (non-hydrogen) atoms. The molecule has 3 heterocycles. The second-order valence-corrected chi connectivity index (χ2v) is 7.79. The molecule has 134 valence electrons. The molecule has 2 aromatic carbocycles. The van der Waals surface area contributed by atoms with E-state index in [0.29, 0.717) is 0 Å². The Morgan fingerprint density at radius 1 is 0.962 bits per heavy atom. The molecule has 0 N–H and O–H groups in total. The van der Waals surface area contributed by atoms with Crippen LogP contribution in [-0.4, -0.2) is 55.4 Å². The SMILES string of the molecule is Cc1ccc2c(c1)N=C(N1CCN(C)CC1)c1cccc3c1N2CCC3. The van der Waals surface area contributed by atoms with Gasteiger partial charge in [0, 0.05) is 38.3 Å². The lowest BCUT2D eigenvalue weighted by Crippen LogP contribution is -2.47. The van der Waals surface area contributed by atoms with E-state index in [9.17, 15) is 0 Å². The van der Waals surface area contributed by atoms with Crippen LogP contribution in [0.25, 0.3) is 0 Å². The number of likely N-dealkylation sites (N-methyl/N-ethyl adjacent to an activating group) is 1. The van der Waals surface area contributed by atoms with E-state index in [1.807, 2.05) is 0 Å². The number of anilines is 2. The minimum absolute atomic E-state index is 1.04. The van der Waals surface area contributed by atoms with Gasteiger partial charge in [0.25, 0.3) is 0 Å². The Hall–Kier alpha value is -2.33. The molecule has 0 aliphatic carbocycles. The number of piperazine rings is 1. The molecule has 4 nitrogen and oxygen atoms in total. The van der Waals surface area contributed by atoms with Gasteiger partial charge >= 0.3 is 0 Å². The quantitative estimate of drug-likeness (QED) is 0.726. The van der Waals surface area contributed by atoms with E-state index in [1.165, 1.54) is 34.5 Å². The summed E-state index contributed by atoms with van der Waals surface area (Å²) in [6.07, 6.45) is 2.37. The Bertz CT molecular complexity index is 878. The number of fused-ring (bicyclic) bond motifs is 2.